The topological polar surface area (TPSA) is 87.9 Å². The molecule has 1 aromatic carbocycles. The summed E-state index contributed by atoms with van der Waals surface area (Å²) in [7, 11) is 1.40. The van der Waals surface area contributed by atoms with Crippen LogP contribution in [0.2, 0.25) is 0 Å². The zero-order chi connectivity index (χ0) is 16.1. The molecular weight excluding hydrogens is 286 g/mol. The van der Waals surface area contributed by atoms with Gasteiger partial charge < -0.3 is 15.2 Å². The molecule has 1 heterocycles. The van der Waals surface area contributed by atoms with Crippen molar-refractivity contribution >= 4 is 5.69 Å². The van der Waals surface area contributed by atoms with Crippen LogP contribution >= 0.6 is 0 Å². The number of benzene rings is 1. The normalized spacial score (nSPS) is 17.2. The first-order chi connectivity index (χ1) is 10.6. The third-order valence-corrected chi connectivity index (χ3v) is 4.03. The SMILES string of the molecule is CCC[C@H](c1cc([N+](=O)[O-])cc(OC)c1O)N1CCNCC1. The molecule has 0 saturated carbocycles. The molecule has 22 heavy (non-hydrogen) atoms. The number of methoxy groups -OCH3 is 1. The maximum absolute atomic E-state index is 11.1. The van der Waals surface area contributed by atoms with Crippen molar-refractivity contribution in [3.63, 3.8) is 0 Å². The molecule has 0 aliphatic carbocycles. The van der Waals surface area contributed by atoms with Gasteiger partial charge in [-0.05, 0) is 6.42 Å². The molecule has 7 heteroatoms. The van der Waals surface area contributed by atoms with Gasteiger partial charge >= 0.3 is 0 Å². The van der Waals surface area contributed by atoms with E-state index in [0.717, 1.165) is 39.0 Å². The van der Waals surface area contributed by atoms with Crippen LogP contribution in [-0.2, 0) is 0 Å². The van der Waals surface area contributed by atoms with E-state index in [4.69, 9.17) is 4.74 Å². The number of hydrogen-bond acceptors (Lipinski definition) is 6. The Balaban J connectivity index is 2.44. The molecule has 1 aromatic rings. The number of nitrogens with one attached hydrogen (secondary N) is 1. The van der Waals surface area contributed by atoms with Gasteiger partial charge in [-0.15, -0.1) is 0 Å². The van der Waals surface area contributed by atoms with E-state index >= 15 is 0 Å². The standard InChI is InChI=1S/C15H23N3O4/c1-3-4-13(17-7-5-16-6-8-17)12-9-11(18(20)21)10-14(22-2)15(12)19/h9-10,13,16,19H,3-8H2,1-2H3/t13-/m1/s1. The minimum atomic E-state index is -0.452. The molecule has 1 fully saturated rings. The highest BCUT2D eigenvalue weighted by atomic mass is 16.6. The van der Waals surface area contributed by atoms with Gasteiger partial charge in [-0.1, -0.05) is 13.3 Å². The predicted molar refractivity (Wildman–Crippen MR) is 83.4 cm³/mol. The van der Waals surface area contributed by atoms with E-state index in [1.54, 1.807) is 0 Å². The average Bonchev–Trinajstić information content (AvgIpc) is 2.54. The van der Waals surface area contributed by atoms with Crippen molar-refractivity contribution in [2.45, 2.75) is 25.8 Å². The predicted octanol–water partition coefficient (Wildman–Crippen LogP) is 2.06. The van der Waals surface area contributed by atoms with E-state index < -0.39 is 4.92 Å². The molecule has 0 aromatic heterocycles. The molecule has 7 nitrogen and oxygen atoms in total. The van der Waals surface area contributed by atoms with Crippen LogP contribution in [0.4, 0.5) is 5.69 Å². The third kappa shape index (κ3) is 3.48. The minimum absolute atomic E-state index is 0.00471. The Morgan fingerprint density at radius 1 is 1.45 bits per heavy atom. The largest absolute Gasteiger partial charge is 0.504 e. The molecule has 122 valence electrons. The number of piperazine rings is 1. The van der Waals surface area contributed by atoms with Gasteiger partial charge in [-0.25, -0.2) is 0 Å². The number of nitro benzene ring substituents is 1. The number of nitro groups is 1. The maximum Gasteiger partial charge on any atom is 0.273 e. The van der Waals surface area contributed by atoms with Crippen LogP contribution in [0.1, 0.15) is 31.4 Å². The number of hydrogen-bond donors (Lipinski definition) is 2. The van der Waals surface area contributed by atoms with E-state index in [1.165, 1.54) is 19.2 Å². The summed E-state index contributed by atoms with van der Waals surface area (Å²) in [5.74, 6) is 0.158. The van der Waals surface area contributed by atoms with E-state index in [1.807, 2.05) is 0 Å². The first kappa shape index (κ1) is 16.5. The van der Waals surface area contributed by atoms with Crippen LogP contribution in [-0.4, -0.2) is 48.2 Å². The monoisotopic (exact) mass is 309 g/mol. The molecule has 0 unspecified atom stereocenters. The quantitative estimate of drug-likeness (QED) is 0.618. The fraction of sp³-hybridized carbons (Fsp3) is 0.600. The van der Waals surface area contributed by atoms with Crippen molar-refractivity contribution in [3.8, 4) is 11.5 Å². The Hall–Kier alpha value is -1.86. The number of phenolic OH excluding ortho intramolecular Hbond substituents is 1. The first-order valence-electron chi connectivity index (χ1n) is 7.58. The summed E-state index contributed by atoms with van der Waals surface area (Å²) in [5, 5.41) is 24.9. The Morgan fingerprint density at radius 3 is 2.68 bits per heavy atom. The second-order valence-electron chi connectivity index (χ2n) is 5.43. The highest BCUT2D eigenvalue weighted by Gasteiger charge is 2.27. The van der Waals surface area contributed by atoms with Gasteiger partial charge in [0.25, 0.3) is 5.69 Å². The second-order valence-corrected chi connectivity index (χ2v) is 5.43. The van der Waals surface area contributed by atoms with Gasteiger partial charge in [0.2, 0.25) is 0 Å². The van der Waals surface area contributed by atoms with E-state index in [9.17, 15) is 15.2 Å². The molecule has 0 amide bonds. The smallest absolute Gasteiger partial charge is 0.273 e. The first-order valence-corrected chi connectivity index (χ1v) is 7.58. The van der Waals surface area contributed by atoms with Crippen molar-refractivity contribution in [2.75, 3.05) is 33.3 Å². The van der Waals surface area contributed by atoms with E-state index in [-0.39, 0.29) is 23.2 Å². The summed E-state index contributed by atoms with van der Waals surface area (Å²) < 4.78 is 5.11. The summed E-state index contributed by atoms with van der Waals surface area (Å²) in [6.45, 7) is 5.55. The van der Waals surface area contributed by atoms with Crippen LogP contribution in [0.15, 0.2) is 12.1 Å². The van der Waals surface area contributed by atoms with Crippen LogP contribution < -0.4 is 10.1 Å². The van der Waals surface area contributed by atoms with Crippen LogP contribution in [0.25, 0.3) is 0 Å². The van der Waals surface area contributed by atoms with Gasteiger partial charge in [0.1, 0.15) is 0 Å². The van der Waals surface area contributed by atoms with Crippen LogP contribution in [0.3, 0.4) is 0 Å². The second kappa shape index (κ2) is 7.42. The molecule has 1 atom stereocenters. The van der Waals surface area contributed by atoms with Crippen molar-refractivity contribution in [1.82, 2.24) is 10.2 Å². The number of phenols is 1. The van der Waals surface area contributed by atoms with Crippen molar-refractivity contribution in [1.29, 1.82) is 0 Å². The maximum atomic E-state index is 11.1. The van der Waals surface area contributed by atoms with Gasteiger partial charge in [0.15, 0.2) is 11.5 Å². The average molecular weight is 309 g/mol. The van der Waals surface area contributed by atoms with Crippen LogP contribution in [0, 0.1) is 10.1 Å². The lowest BCUT2D eigenvalue weighted by Gasteiger charge is -2.35. The summed E-state index contributed by atoms with van der Waals surface area (Å²) >= 11 is 0. The lowest BCUT2D eigenvalue weighted by Crippen LogP contribution is -2.45. The van der Waals surface area contributed by atoms with E-state index in [2.05, 4.69) is 17.1 Å². The fourth-order valence-corrected chi connectivity index (χ4v) is 2.93. The zero-order valence-corrected chi connectivity index (χ0v) is 13.0. The third-order valence-electron chi connectivity index (χ3n) is 4.03. The lowest BCUT2D eigenvalue weighted by atomic mass is 9.97. The van der Waals surface area contributed by atoms with E-state index in [0.29, 0.717) is 5.56 Å². The highest BCUT2D eigenvalue weighted by molar-refractivity contribution is 5.54. The van der Waals surface area contributed by atoms with Crippen molar-refractivity contribution in [2.24, 2.45) is 0 Å². The van der Waals surface area contributed by atoms with Crippen LogP contribution in [0.5, 0.6) is 11.5 Å². The Kier molecular flexibility index (Phi) is 5.57. The summed E-state index contributed by atoms with van der Waals surface area (Å²) in [5.41, 5.74) is 0.524. The number of non-ortho nitro benzene ring substituents is 1. The number of ether oxygens (including phenoxy) is 1. The Morgan fingerprint density at radius 2 is 2.14 bits per heavy atom. The summed E-state index contributed by atoms with van der Waals surface area (Å²) in [6, 6.07) is 2.70. The zero-order valence-electron chi connectivity index (χ0n) is 13.0. The molecule has 2 N–H and O–H groups in total. The molecule has 1 aliphatic rings. The Labute approximate surface area is 130 Å². The number of nitrogens with zero attached hydrogens (tertiary/aromatic N) is 2. The lowest BCUT2D eigenvalue weighted by molar-refractivity contribution is -0.385. The highest BCUT2D eigenvalue weighted by Crippen LogP contribution is 2.41. The fourth-order valence-electron chi connectivity index (χ4n) is 2.93. The van der Waals surface area contributed by atoms with Crippen molar-refractivity contribution < 1.29 is 14.8 Å². The molecule has 0 spiro atoms. The van der Waals surface area contributed by atoms with Gasteiger partial charge in [0.05, 0.1) is 18.1 Å². The Bertz CT molecular complexity index is 530. The molecule has 2 rings (SSSR count). The molecule has 1 saturated heterocycles. The molecule has 0 bridgehead atoms. The number of rotatable bonds is 6. The van der Waals surface area contributed by atoms with Gasteiger partial charge in [0, 0.05) is 43.9 Å². The summed E-state index contributed by atoms with van der Waals surface area (Å²) in [6.07, 6.45) is 1.76. The minimum Gasteiger partial charge on any atom is -0.504 e. The molecular formula is C15H23N3O4. The van der Waals surface area contributed by atoms with Gasteiger partial charge in [-0.2, -0.15) is 0 Å². The summed E-state index contributed by atoms with van der Waals surface area (Å²) in [4.78, 5) is 12.9. The number of aromatic hydroxyl groups is 1. The van der Waals surface area contributed by atoms with Crippen molar-refractivity contribution in [3.05, 3.63) is 27.8 Å². The van der Waals surface area contributed by atoms with Gasteiger partial charge in [-0.3, -0.25) is 15.0 Å². The molecule has 0 radical (unpaired) electrons. The molecule has 1 aliphatic heterocycles.